The maximum absolute atomic E-state index is 5.14. The Morgan fingerprint density at radius 2 is 2.07 bits per heavy atom. The molecule has 0 saturated carbocycles. The Kier molecular flexibility index (Phi) is 2.40. The molecule has 0 N–H and O–H groups in total. The van der Waals surface area contributed by atoms with Crippen LogP contribution in [0.3, 0.4) is 0 Å². The molecule has 1 aromatic carbocycles. The van der Waals surface area contributed by atoms with E-state index < -0.39 is 0 Å². The van der Waals surface area contributed by atoms with Gasteiger partial charge in [-0.3, -0.25) is 0 Å². The standard InChI is InChI=1S/C11H9N2O/c1-14-11-10(7-12-8-13-11)9-5-3-2-4-6-9/h3-8H,1H3. The Morgan fingerprint density at radius 1 is 1.29 bits per heavy atom. The van der Waals surface area contributed by atoms with Crippen LogP contribution in [0.2, 0.25) is 0 Å². The van der Waals surface area contributed by atoms with E-state index in [1.807, 2.05) is 24.3 Å². The van der Waals surface area contributed by atoms with E-state index in [4.69, 9.17) is 4.74 Å². The molecule has 2 aromatic rings. The second-order valence-electron chi connectivity index (χ2n) is 2.73. The lowest BCUT2D eigenvalue weighted by Gasteiger charge is -2.05. The van der Waals surface area contributed by atoms with Gasteiger partial charge in [0, 0.05) is 6.20 Å². The maximum Gasteiger partial charge on any atom is 0.224 e. The molecular weight excluding hydrogens is 176 g/mol. The van der Waals surface area contributed by atoms with Crippen LogP contribution in [0.5, 0.6) is 5.88 Å². The molecule has 3 nitrogen and oxygen atoms in total. The molecule has 0 bridgehead atoms. The second kappa shape index (κ2) is 3.87. The summed E-state index contributed by atoms with van der Waals surface area (Å²) in [7, 11) is 1.60. The monoisotopic (exact) mass is 185 g/mol. The van der Waals surface area contributed by atoms with Gasteiger partial charge in [-0.2, -0.15) is 0 Å². The number of aromatic nitrogens is 2. The highest BCUT2D eigenvalue weighted by Gasteiger charge is 2.05. The molecular formula is C11H9N2O. The van der Waals surface area contributed by atoms with E-state index in [2.05, 4.69) is 16.0 Å². The summed E-state index contributed by atoms with van der Waals surface area (Å²) in [4.78, 5) is 8.00. The van der Waals surface area contributed by atoms with Gasteiger partial charge in [0.15, 0.2) is 0 Å². The van der Waals surface area contributed by atoms with Crippen LogP contribution in [0, 0.1) is 6.07 Å². The molecule has 0 aliphatic heterocycles. The van der Waals surface area contributed by atoms with Gasteiger partial charge < -0.3 is 4.74 Å². The highest BCUT2D eigenvalue weighted by molar-refractivity contribution is 5.67. The van der Waals surface area contributed by atoms with E-state index in [1.54, 1.807) is 13.3 Å². The highest BCUT2D eigenvalue weighted by Crippen LogP contribution is 2.25. The summed E-state index contributed by atoms with van der Waals surface area (Å²) >= 11 is 0. The number of hydrogen-bond donors (Lipinski definition) is 0. The smallest absolute Gasteiger partial charge is 0.224 e. The first-order valence-electron chi connectivity index (χ1n) is 4.22. The zero-order chi connectivity index (χ0) is 9.80. The average molecular weight is 185 g/mol. The van der Waals surface area contributed by atoms with E-state index in [-0.39, 0.29) is 0 Å². The first-order chi connectivity index (χ1) is 6.92. The van der Waals surface area contributed by atoms with Crippen molar-refractivity contribution in [2.75, 3.05) is 7.11 Å². The van der Waals surface area contributed by atoms with Crippen molar-refractivity contribution in [3.05, 3.63) is 42.9 Å². The predicted octanol–water partition coefficient (Wildman–Crippen LogP) is 1.95. The van der Waals surface area contributed by atoms with Gasteiger partial charge in [0.2, 0.25) is 5.88 Å². The van der Waals surface area contributed by atoms with Gasteiger partial charge in [0.25, 0.3) is 0 Å². The van der Waals surface area contributed by atoms with Gasteiger partial charge in [-0.25, -0.2) is 9.97 Å². The fraction of sp³-hybridized carbons (Fsp3) is 0.0909. The Labute approximate surface area is 82.4 Å². The molecule has 3 heteroatoms. The minimum atomic E-state index is 0.589. The van der Waals surface area contributed by atoms with Gasteiger partial charge >= 0.3 is 0 Å². The molecule has 0 spiro atoms. The minimum Gasteiger partial charge on any atom is -0.480 e. The molecule has 1 radical (unpaired) electrons. The Morgan fingerprint density at radius 3 is 2.79 bits per heavy atom. The minimum absolute atomic E-state index is 0.589. The molecule has 14 heavy (non-hydrogen) atoms. The molecule has 1 heterocycles. The fourth-order valence-corrected chi connectivity index (χ4v) is 1.25. The molecule has 0 aliphatic rings. The maximum atomic E-state index is 5.14. The van der Waals surface area contributed by atoms with Gasteiger partial charge in [0.1, 0.15) is 6.33 Å². The van der Waals surface area contributed by atoms with Crippen LogP contribution >= 0.6 is 0 Å². The SMILES string of the molecule is COc1ncncc1-c1cc[c]cc1. The van der Waals surface area contributed by atoms with Crippen LogP contribution in [-0.4, -0.2) is 17.1 Å². The normalized spacial score (nSPS) is 9.79. The van der Waals surface area contributed by atoms with Crippen molar-refractivity contribution in [3.8, 4) is 17.0 Å². The van der Waals surface area contributed by atoms with Gasteiger partial charge in [-0.15, -0.1) is 0 Å². The number of benzene rings is 1. The third kappa shape index (κ3) is 1.57. The van der Waals surface area contributed by atoms with Crippen LogP contribution in [0.1, 0.15) is 0 Å². The molecule has 69 valence electrons. The largest absolute Gasteiger partial charge is 0.480 e. The van der Waals surface area contributed by atoms with Crippen molar-refractivity contribution in [2.24, 2.45) is 0 Å². The van der Waals surface area contributed by atoms with E-state index in [9.17, 15) is 0 Å². The first kappa shape index (κ1) is 8.69. The third-order valence-electron chi connectivity index (χ3n) is 1.90. The van der Waals surface area contributed by atoms with Crippen LogP contribution < -0.4 is 4.74 Å². The zero-order valence-corrected chi connectivity index (χ0v) is 7.77. The van der Waals surface area contributed by atoms with E-state index >= 15 is 0 Å². The van der Waals surface area contributed by atoms with E-state index in [1.165, 1.54) is 6.33 Å². The zero-order valence-electron chi connectivity index (χ0n) is 7.77. The Bertz CT molecular complexity index is 415. The summed E-state index contributed by atoms with van der Waals surface area (Å²) in [6.07, 6.45) is 3.21. The van der Waals surface area contributed by atoms with Crippen molar-refractivity contribution < 1.29 is 4.74 Å². The summed E-state index contributed by atoms with van der Waals surface area (Å²) in [6, 6.07) is 10.5. The summed E-state index contributed by atoms with van der Waals surface area (Å²) in [6.45, 7) is 0. The molecule has 0 atom stereocenters. The lowest BCUT2D eigenvalue weighted by atomic mass is 10.1. The lowest BCUT2D eigenvalue weighted by Crippen LogP contribution is -1.91. The predicted molar refractivity (Wildman–Crippen MR) is 52.9 cm³/mol. The topological polar surface area (TPSA) is 35.0 Å². The molecule has 1 aromatic heterocycles. The van der Waals surface area contributed by atoms with Gasteiger partial charge in [-0.05, 0) is 11.6 Å². The quantitative estimate of drug-likeness (QED) is 0.717. The van der Waals surface area contributed by atoms with Crippen LogP contribution in [0.4, 0.5) is 0 Å². The van der Waals surface area contributed by atoms with Crippen LogP contribution in [0.15, 0.2) is 36.8 Å². The van der Waals surface area contributed by atoms with Crippen LogP contribution in [-0.2, 0) is 0 Å². The average Bonchev–Trinajstić information content (AvgIpc) is 2.30. The first-order valence-corrected chi connectivity index (χ1v) is 4.22. The lowest BCUT2D eigenvalue weighted by molar-refractivity contribution is 0.398. The highest BCUT2D eigenvalue weighted by atomic mass is 16.5. The van der Waals surface area contributed by atoms with Crippen molar-refractivity contribution in [2.45, 2.75) is 0 Å². The number of nitrogens with zero attached hydrogens (tertiary/aromatic N) is 2. The van der Waals surface area contributed by atoms with Crippen molar-refractivity contribution in [1.29, 1.82) is 0 Å². The molecule has 2 rings (SSSR count). The van der Waals surface area contributed by atoms with Crippen LogP contribution in [0.25, 0.3) is 11.1 Å². The number of methoxy groups -OCH3 is 1. The second-order valence-corrected chi connectivity index (χ2v) is 2.73. The summed E-state index contributed by atoms with van der Waals surface area (Å²) in [5.41, 5.74) is 1.92. The molecule has 0 amide bonds. The van der Waals surface area contributed by atoms with Crippen molar-refractivity contribution in [3.63, 3.8) is 0 Å². The molecule has 0 aliphatic carbocycles. The molecule has 0 saturated heterocycles. The fourth-order valence-electron chi connectivity index (χ4n) is 1.25. The number of hydrogen-bond acceptors (Lipinski definition) is 3. The Hall–Kier alpha value is -1.90. The van der Waals surface area contributed by atoms with Gasteiger partial charge in [-0.1, -0.05) is 24.3 Å². The summed E-state index contributed by atoms with van der Waals surface area (Å²) in [5, 5.41) is 0. The molecule has 0 fully saturated rings. The Balaban J connectivity index is 2.51. The third-order valence-corrected chi connectivity index (χ3v) is 1.90. The van der Waals surface area contributed by atoms with Gasteiger partial charge in [0.05, 0.1) is 12.7 Å². The summed E-state index contributed by atoms with van der Waals surface area (Å²) in [5.74, 6) is 0.589. The number of ether oxygens (including phenoxy) is 1. The molecule has 0 unspecified atom stereocenters. The number of rotatable bonds is 2. The summed E-state index contributed by atoms with van der Waals surface area (Å²) < 4.78 is 5.14. The van der Waals surface area contributed by atoms with E-state index in [0.29, 0.717) is 5.88 Å². The van der Waals surface area contributed by atoms with E-state index in [0.717, 1.165) is 11.1 Å². The van der Waals surface area contributed by atoms with Crippen molar-refractivity contribution >= 4 is 0 Å². The van der Waals surface area contributed by atoms with Crippen molar-refractivity contribution in [1.82, 2.24) is 9.97 Å².